The largest absolute Gasteiger partial charge is 0.339 e. The second kappa shape index (κ2) is 6.12. The van der Waals surface area contributed by atoms with E-state index in [1.807, 2.05) is 27.0 Å². The van der Waals surface area contributed by atoms with E-state index in [2.05, 4.69) is 4.98 Å². The van der Waals surface area contributed by atoms with Crippen LogP contribution in [0.15, 0.2) is 6.20 Å². The molecule has 96 valence electrons. The quantitative estimate of drug-likeness (QED) is 0.872. The molecule has 0 bridgehead atoms. The van der Waals surface area contributed by atoms with Crippen LogP contribution in [0, 0.1) is 12.8 Å². The molecule has 0 aliphatic rings. The summed E-state index contributed by atoms with van der Waals surface area (Å²) in [6.07, 6.45) is 2.74. The molecule has 0 radical (unpaired) electrons. The van der Waals surface area contributed by atoms with Gasteiger partial charge < -0.3 is 10.6 Å². The molecule has 1 rings (SSSR count). The summed E-state index contributed by atoms with van der Waals surface area (Å²) in [7, 11) is 1.79. The van der Waals surface area contributed by atoms with Gasteiger partial charge in [0, 0.05) is 18.1 Å². The van der Waals surface area contributed by atoms with Crippen LogP contribution in [0.4, 0.5) is 0 Å². The number of likely N-dealkylation sites (N-methyl/N-ethyl adjacent to an activating group) is 1. The first-order valence-corrected chi connectivity index (χ1v) is 6.69. The monoisotopic (exact) mass is 255 g/mol. The molecule has 0 aliphatic heterocycles. The van der Waals surface area contributed by atoms with Crippen molar-refractivity contribution >= 4 is 17.2 Å². The maximum absolute atomic E-state index is 12.0. The number of rotatable bonds is 5. The van der Waals surface area contributed by atoms with Crippen molar-refractivity contribution in [1.29, 1.82) is 0 Å². The van der Waals surface area contributed by atoms with Crippen LogP contribution in [-0.2, 0) is 11.3 Å². The third-order valence-electron chi connectivity index (χ3n) is 2.98. The second-order valence-electron chi connectivity index (χ2n) is 4.45. The van der Waals surface area contributed by atoms with E-state index in [0.717, 1.165) is 16.3 Å². The number of hydrogen-bond acceptors (Lipinski definition) is 4. The minimum Gasteiger partial charge on any atom is -0.339 e. The zero-order valence-electron chi connectivity index (χ0n) is 10.9. The molecule has 1 aromatic heterocycles. The van der Waals surface area contributed by atoms with Crippen LogP contribution in [0.2, 0.25) is 0 Å². The molecular formula is C12H21N3OS. The van der Waals surface area contributed by atoms with Gasteiger partial charge in [-0.25, -0.2) is 4.98 Å². The topological polar surface area (TPSA) is 59.2 Å². The molecule has 5 heteroatoms. The zero-order valence-corrected chi connectivity index (χ0v) is 11.8. The Kier molecular flexibility index (Phi) is 5.08. The standard InChI is InChI=1S/C12H21N3OS/c1-5-8(2)11(13)12(16)15(4)7-10-6-14-9(3)17-10/h6,8,11H,5,7,13H2,1-4H3/t8-,11-/m0/s1. The molecule has 0 spiro atoms. The Hall–Kier alpha value is -0.940. The van der Waals surface area contributed by atoms with Crippen molar-refractivity contribution in [3.63, 3.8) is 0 Å². The number of aryl methyl sites for hydroxylation is 1. The summed E-state index contributed by atoms with van der Waals surface area (Å²) in [4.78, 5) is 19.0. The predicted molar refractivity (Wildman–Crippen MR) is 70.8 cm³/mol. The van der Waals surface area contributed by atoms with E-state index in [-0.39, 0.29) is 11.8 Å². The number of carbonyl (C=O) groups is 1. The second-order valence-corrected chi connectivity index (χ2v) is 5.77. The fraction of sp³-hybridized carbons (Fsp3) is 0.667. The Morgan fingerprint density at radius 1 is 1.65 bits per heavy atom. The maximum Gasteiger partial charge on any atom is 0.239 e. The lowest BCUT2D eigenvalue weighted by Crippen LogP contribution is -2.45. The van der Waals surface area contributed by atoms with Crippen molar-refractivity contribution in [2.24, 2.45) is 11.7 Å². The molecule has 4 nitrogen and oxygen atoms in total. The lowest BCUT2D eigenvalue weighted by Gasteiger charge is -2.24. The Morgan fingerprint density at radius 2 is 2.29 bits per heavy atom. The number of hydrogen-bond donors (Lipinski definition) is 1. The van der Waals surface area contributed by atoms with Gasteiger partial charge >= 0.3 is 0 Å². The lowest BCUT2D eigenvalue weighted by atomic mass is 9.99. The molecule has 2 atom stereocenters. The highest BCUT2D eigenvalue weighted by Crippen LogP contribution is 2.15. The minimum atomic E-state index is -0.404. The van der Waals surface area contributed by atoms with E-state index >= 15 is 0 Å². The maximum atomic E-state index is 12.0. The highest BCUT2D eigenvalue weighted by molar-refractivity contribution is 7.11. The van der Waals surface area contributed by atoms with Gasteiger partial charge in [-0.15, -0.1) is 11.3 Å². The molecule has 2 N–H and O–H groups in total. The first-order chi connectivity index (χ1) is 7.95. The van der Waals surface area contributed by atoms with E-state index in [9.17, 15) is 4.79 Å². The van der Waals surface area contributed by atoms with Crippen LogP contribution in [0.5, 0.6) is 0 Å². The average Bonchev–Trinajstić information content (AvgIpc) is 2.71. The highest BCUT2D eigenvalue weighted by atomic mass is 32.1. The average molecular weight is 255 g/mol. The third kappa shape index (κ3) is 3.78. The van der Waals surface area contributed by atoms with Crippen molar-refractivity contribution in [2.45, 2.75) is 39.8 Å². The molecule has 17 heavy (non-hydrogen) atoms. The van der Waals surface area contributed by atoms with Gasteiger partial charge in [0.15, 0.2) is 0 Å². The summed E-state index contributed by atoms with van der Waals surface area (Å²) in [6, 6.07) is -0.404. The van der Waals surface area contributed by atoms with Crippen LogP contribution in [0.1, 0.15) is 30.2 Å². The number of aromatic nitrogens is 1. The number of thiazole rings is 1. The molecule has 1 aromatic rings. The van der Waals surface area contributed by atoms with Gasteiger partial charge in [-0.05, 0) is 12.8 Å². The third-order valence-corrected chi connectivity index (χ3v) is 3.88. The highest BCUT2D eigenvalue weighted by Gasteiger charge is 2.23. The van der Waals surface area contributed by atoms with E-state index in [1.165, 1.54) is 0 Å². The van der Waals surface area contributed by atoms with Gasteiger partial charge in [0.05, 0.1) is 17.6 Å². The smallest absolute Gasteiger partial charge is 0.239 e. The van der Waals surface area contributed by atoms with Gasteiger partial charge in [-0.3, -0.25) is 4.79 Å². The molecular weight excluding hydrogens is 234 g/mol. The molecule has 0 unspecified atom stereocenters. The van der Waals surface area contributed by atoms with Gasteiger partial charge in [-0.2, -0.15) is 0 Å². The molecule has 0 saturated heterocycles. The summed E-state index contributed by atoms with van der Waals surface area (Å²) in [5.74, 6) is 0.221. The van der Waals surface area contributed by atoms with E-state index in [4.69, 9.17) is 5.73 Å². The van der Waals surface area contributed by atoms with Crippen LogP contribution >= 0.6 is 11.3 Å². The van der Waals surface area contributed by atoms with Crippen molar-refractivity contribution in [3.8, 4) is 0 Å². The molecule has 0 aliphatic carbocycles. The summed E-state index contributed by atoms with van der Waals surface area (Å²) in [5.41, 5.74) is 5.93. The first kappa shape index (κ1) is 14.1. The Bertz CT molecular complexity index is 378. The first-order valence-electron chi connectivity index (χ1n) is 5.87. The minimum absolute atomic E-state index is 0.00500. The zero-order chi connectivity index (χ0) is 13.0. The molecule has 1 heterocycles. The van der Waals surface area contributed by atoms with Crippen molar-refractivity contribution in [1.82, 2.24) is 9.88 Å². The molecule has 0 aromatic carbocycles. The Labute approximate surface area is 107 Å². The van der Waals surface area contributed by atoms with Crippen molar-refractivity contribution in [3.05, 3.63) is 16.1 Å². The number of amides is 1. The van der Waals surface area contributed by atoms with Gasteiger partial charge in [0.1, 0.15) is 0 Å². The van der Waals surface area contributed by atoms with E-state index < -0.39 is 6.04 Å². The summed E-state index contributed by atoms with van der Waals surface area (Å²) < 4.78 is 0. The molecule has 1 amide bonds. The van der Waals surface area contributed by atoms with E-state index in [0.29, 0.717) is 6.54 Å². The number of nitrogens with two attached hydrogens (primary N) is 1. The normalized spacial score (nSPS) is 14.4. The van der Waals surface area contributed by atoms with Crippen LogP contribution in [0.25, 0.3) is 0 Å². The van der Waals surface area contributed by atoms with Crippen LogP contribution in [-0.4, -0.2) is 28.9 Å². The summed E-state index contributed by atoms with van der Waals surface area (Å²) in [6.45, 7) is 6.60. The Balaban J connectivity index is 2.58. The summed E-state index contributed by atoms with van der Waals surface area (Å²) in [5, 5.41) is 1.02. The fourth-order valence-electron chi connectivity index (χ4n) is 1.54. The number of nitrogens with zero attached hydrogens (tertiary/aromatic N) is 2. The Morgan fingerprint density at radius 3 is 2.76 bits per heavy atom. The van der Waals surface area contributed by atoms with Crippen LogP contribution < -0.4 is 5.73 Å². The van der Waals surface area contributed by atoms with Crippen molar-refractivity contribution < 1.29 is 4.79 Å². The van der Waals surface area contributed by atoms with Crippen molar-refractivity contribution in [2.75, 3.05) is 7.05 Å². The summed E-state index contributed by atoms with van der Waals surface area (Å²) >= 11 is 1.61. The van der Waals surface area contributed by atoms with E-state index in [1.54, 1.807) is 23.3 Å². The number of carbonyl (C=O) groups excluding carboxylic acids is 1. The lowest BCUT2D eigenvalue weighted by molar-refractivity contribution is -0.132. The van der Waals surface area contributed by atoms with Gasteiger partial charge in [0.25, 0.3) is 0 Å². The SMILES string of the molecule is CC[C@H](C)[C@H](N)C(=O)N(C)Cc1cnc(C)s1. The molecule has 0 fully saturated rings. The fourth-order valence-corrected chi connectivity index (χ4v) is 2.39. The van der Waals surface area contributed by atoms with Gasteiger partial charge in [0.2, 0.25) is 5.91 Å². The van der Waals surface area contributed by atoms with Gasteiger partial charge in [-0.1, -0.05) is 20.3 Å². The predicted octanol–water partition coefficient (Wildman–Crippen LogP) is 1.78. The van der Waals surface area contributed by atoms with Crippen LogP contribution in [0.3, 0.4) is 0 Å². The molecule has 0 saturated carbocycles.